The number of furan rings is 1. The lowest BCUT2D eigenvalue weighted by atomic mass is 9.81. The molecule has 0 atom stereocenters. The summed E-state index contributed by atoms with van der Waals surface area (Å²) in [5, 5.41) is 6.55. The van der Waals surface area contributed by atoms with E-state index in [1.165, 1.54) is 6.20 Å². The van der Waals surface area contributed by atoms with Gasteiger partial charge in [0.2, 0.25) is 23.5 Å². The van der Waals surface area contributed by atoms with Crippen molar-refractivity contribution in [2.45, 2.75) is 39.0 Å². The number of carbonyl (C=O) groups is 4. The maximum absolute atomic E-state index is 13.5. The van der Waals surface area contributed by atoms with E-state index in [0.29, 0.717) is 67.0 Å². The number of hydrogen-bond acceptors (Lipinski definition) is 7. The van der Waals surface area contributed by atoms with Crippen LogP contribution in [-0.2, 0) is 25.5 Å². The van der Waals surface area contributed by atoms with Gasteiger partial charge in [-0.25, -0.2) is 4.98 Å². The fraction of sp³-hybridized carbons (Fsp3) is 0.452. The van der Waals surface area contributed by atoms with Crippen LogP contribution in [0.5, 0.6) is 0 Å². The number of carbonyl (C=O) groups excluding carboxylic acids is 4. The van der Waals surface area contributed by atoms with Crippen LogP contribution >= 0.6 is 11.6 Å². The van der Waals surface area contributed by atoms with Gasteiger partial charge in [-0.1, -0.05) is 17.7 Å². The maximum atomic E-state index is 13.5. The molecule has 1 aliphatic rings. The Balaban J connectivity index is 1.58. The molecule has 1 aromatic carbocycles. The molecule has 0 radical (unpaired) electrons. The van der Waals surface area contributed by atoms with E-state index in [1.54, 1.807) is 61.3 Å². The predicted molar refractivity (Wildman–Crippen MR) is 164 cm³/mol. The molecule has 11 nitrogen and oxygen atoms in total. The largest absolute Gasteiger partial charge is 0.449 e. The second-order valence-corrected chi connectivity index (χ2v) is 11.3. The number of ether oxygens (including phenoxy) is 1. The van der Waals surface area contributed by atoms with Crippen LogP contribution in [0, 0.1) is 11.8 Å². The van der Waals surface area contributed by atoms with Crippen LogP contribution in [0.25, 0.3) is 11.0 Å². The standard InChI is InChI=1S/C31H38ClN5O6/c1-5-42-15-14-37(4)26(38)17-19-6-12-24-23(16-19)27(28(43-24)30(40)34-25-13-11-22(32)18-33-25)35-29(39)20-7-9-21(10-8-20)31(41)36(2)3/h6,11-13,16,18,20-21H,5,7-10,14-15,17H2,1-4H3,(H,35,39)(H,33,34,40)/t20-,21-. The van der Waals surface area contributed by atoms with Gasteiger partial charge in [0.1, 0.15) is 17.1 Å². The fourth-order valence-corrected chi connectivity index (χ4v) is 5.25. The van der Waals surface area contributed by atoms with Gasteiger partial charge in [-0.2, -0.15) is 0 Å². The summed E-state index contributed by atoms with van der Waals surface area (Å²) in [6.07, 6.45) is 3.85. The third-order valence-corrected chi connectivity index (χ3v) is 7.84. The van der Waals surface area contributed by atoms with Crippen molar-refractivity contribution < 1.29 is 28.3 Å². The lowest BCUT2D eigenvalue weighted by Gasteiger charge is -2.28. The number of amides is 4. The van der Waals surface area contributed by atoms with Crippen molar-refractivity contribution in [3.8, 4) is 0 Å². The molecule has 4 rings (SSSR count). The first-order valence-electron chi connectivity index (χ1n) is 14.4. The fourth-order valence-electron chi connectivity index (χ4n) is 5.13. The summed E-state index contributed by atoms with van der Waals surface area (Å²) in [4.78, 5) is 59.4. The molecule has 1 fully saturated rings. The van der Waals surface area contributed by atoms with Gasteiger partial charge < -0.3 is 29.6 Å². The van der Waals surface area contributed by atoms with Gasteiger partial charge in [0.05, 0.1) is 18.1 Å². The number of benzene rings is 1. The number of fused-ring (bicyclic) bond motifs is 1. The number of likely N-dealkylation sites (N-methyl/N-ethyl adjacent to an activating group) is 1. The zero-order valence-electron chi connectivity index (χ0n) is 24.9. The highest BCUT2D eigenvalue weighted by Gasteiger charge is 2.32. The number of pyridine rings is 1. The topological polar surface area (TPSA) is 134 Å². The van der Waals surface area contributed by atoms with Gasteiger partial charge in [0.25, 0.3) is 5.91 Å². The molecule has 3 aromatic rings. The Kier molecular flexibility index (Phi) is 10.8. The number of halogens is 1. The zero-order chi connectivity index (χ0) is 31.1. The Bertz CT molecular complexity index is 1460. The zero-order valence-corrected chi connectivity index (χ0v) is 25.7. The van der Waals surface area contributed by atoms with Crippen molar-refractivity contribution in [1.82, 2.24) is 14.8 Å². The van der Waals surface area contributed by atoms with E-state index in [2.05, 4.69) is 15.6 Å². The van der Waals surface area contributed by atoms with Crippen molar-refractivity contribution in [2.75, 3.05) is 51.5 Å². The van der Waals surface area contributed by atoms with Crippen molar-refractivity contribution in [1.29, 1.82) is 0 Å². The summed E-state index contributed by atoms with van der Waals surface area (Å²) in [6, 6.07) is 8.35. The van der Waals surface area contributed by atoms with Gasteiger partial charge in [-0.05, 0) is 62.4 Å². The van der Waals surface area contributed by atoms with E-state index >= 15 is 0 Å². The van der Waals surface area contributed by atoms with Crippen LogP contribution in [0.1, 0.15) is 48.7 Å². The molecule has 0 unspecified atom stereocenters. The summed E-state index contributed by atoms with van der Waals surface area (Å²) in [7, 11) is 5.19. The van der Waals surface area contributed by atoms with Crippen LogP contribution in [-0.4, -0.2) is 79.3 Å². The number of aromatic nitrogens is 1. The summed E-state index contributed by atoms with van der Waals surface area (Å²) in [5.41, 5.74) is 1.30. The Morgan fingerprint density at radius 3 is 2.40 bits per heavy atom. The first-order chi connectivity index (χ1) is 20.6. The van der Waals surface area contributed by atoms with Crippen LogP contribution in [0.15, 0.2) is 40.9 Å². The Morgan fingerprint density at radius 1 is 1.02 bits per heavy atom. The van der Waals surface area contributed by atoms with Crippen molar-refractivity contribution in [3.63, 3.8) is 0 Å². The summed E-state index contributed by atoms with van der Waals surface area (Å²) < 4.78 is 11.3. The molecule has 2 N–H and O–H groups in total. The van der Waals surface area contributed by atoms with Gasteiger partial charge in [0.15, 0.2) is 0 Å². The second-order valence-electron chi connectivity index (χ2n) is 10.9. The van der Waals surface area contributed by atoms with Crippen LogP contribution in [0.4, 0.5) is 11.5 Å². The number of rotatable bonds is 11. The highest BCUT2D eigenvalue weighted by molar-refractivity contribution is 6.30. The summed E-state index contributed by atoms with van der Waals surface area (Å²) in [6.45, 7) is 3.39. The van der Waals surface area contributed by atoms with E-state index in [-0.39, 0.29) is 53.2 Å². The molecular weight excluding hydrogens is 574 g/mol. The highest BCUT2D eigenvalue weighted by atomic mass is 35.5. The predicted octanol–water partition coefficient (Wildman–Crippen LogP) is 4.60. The third kappa shape index (κ3) is 8.11. The number of nitrogens with zero attached hydrogens (tertiary/aromatic N) is 3. The Morgan fingerprint density at radius 2 is 1.74 bits per heavy atom. The normalized spacial score (nSPS) is 16.5. The van der Waals surface area contributed by atoms with E-state index < -0.39 is 5.91 Å². The Hall–Kier alpha value is -3.96. The minimum atomic E-state index is -0.602. The van der Waals surface area contributed by atoms with E-state index in [9.17, 15) is 19.2 Å². The minimum absolute atomic E-state index is 0.0695. The molecule has 43 heavy (non-hydrogen) atoms. The van der Waals surface area contributed by atoms with Crippen LogP contribution in [0.2, 0.25) is 5.02 Å². The number of hydrogen-bond donors (Lipinski definition) is 2. The number of anilines is 2. The third-order valence-electron chi connectivity index (χ3n) is 7.62. The first kappa shape index (κ1) is 32.0. The molecular formula is C31H38ClN5O6. The van der Waals surface area contributed by atoms with Crippen LogP contribution < -0.4 is 10.6 Å². The van der Waals surface area contributed by atoms with Crippen molar-refractivity contribution in [2.24, 2.45) is 11.8 Å². The molecule has 1 saturated carbocycles. The quantitative estimate of drug-likeness (QED) is 0.303. The van der Waals surface area contributed by atoms with Gasteiger partial charge >= 0.3 is 0 Å². The minimum Gasteiger partial charge on any atom is -0.449 e. The summed E-state index contributed by atoms with van der Waals surface area (Å²) >= 11 is 5.92. The van der Waals surface area contributed by atoms with E-state index in [4.69, 9.17) is 20.8 Å². The van der Waals surface area contributed by atoms with E-state index in [1.807, 2.05) is 6.92 Å². The lowest BCUT2D eigenvalue weighted by Crippen LogP contribution is -2.35. The van der Waals surface area contributed by atoms with Crippen LogP contribution in [0.3, 0.4) is 0 Å². The molecule has 4 amide bonds. The van der Waals surface area contributed by atoms with Gasteiger partial charge in [0, 0.05) is 57.7 Å². The van der Waals surface area contributed by atoms with E-state index in [0.717, 1.165) is 0 Å². The molecule has 2 heterocycles. The van der Waals surface area contributed by atoms with Gasteiger partial charge in [-0.3, -0.25) is 19.2 Å². The molecule has 230 valence electrons. The van der Waals surface area contributed by atoms with Crippen molar-refractivity contribution >= 4 is 57.7 Å². The summed E-state index contributed by atoms with van der Waals surface area (Å²) in [5.74, 6) is -1.14. The maximum Gasteiger partial charge on any atom is 0.294 e. The second kappa shape index (κ2) is 14.5. The van der Waals surface area contributed by atoms with Gasteiger partial charge in [-0.15, -0.1) is 0 Å². The first-order valence-corrected chi connectivity index (χ1v) is 14.8. The monoisotopic (exact) mass is 611 g/mol. The molecule has 12 heteroatoms. The molecule has 0 spiro atoms. The molecule has 2 aromatic heterocycles. The average Bonchev–Trinajstić information content (AvgIpc) is 3.35. The number of nitrogens with one attached hydrogen (secondary N) is 2. The smallest absolute Gasteiger partial charge is 0.294 e. The molecule has 0 bridgehead atoms. The van der Waals surface area contributed by atoms with Crippen molar-refractivity contribution in [3.05, 3.63) is 52.9 Å². The lowest BCUT2D eigenvalue weighted by molar-refractivity contribution is -0.135. The highest BCUT2D eigenvalue weighted by Crippen LogP contribution is 2.35. The molecule has 0 aliphatic heterocycles. The average molecular weight is 612 g/mol. The molecule has 0 saturated heterocycles. The SMILES string of the molecule is CCOCCN(C)C(=O)Cc1ccc2oc(C(=O)Nc3ccc(Cl)cn3)c(NC(=O)[C@H]3CC[C@H](C(=O)N(C)C)CC3)c2c1. The Labute approximate surface area is 255 Å². The molecule has 1 aliphatic carbocycles.